The molecule has 1 aliphatic heterocycles. The van der Waals surface area contributed by atoms with Crippen LogP contribution in [-0.4, -0.2) is 35.6 Å². The van der Waals surface area contributed by atoms with Gasteiger partial charge in [-0.05, 0) is 55.0 Å². The Balaban J connectivity index is 1.49. The van der Waals surface area contributed by atoms with Crippen LogP contribution in [0.2, 0.25) is 5.02 Å². The molecule has 1 heterocycles. The third-order valence-electron chi connectivity index (χ3n) is 6.70. The Bertz CT molecular complexity index is 1010. The van der Waals surface area contributed by atoms with Gasteiger partial charge in [0.25, 0.3) is 0 Å². The summed E-state index contributed by atoms with van der Waals surface area (Å²) in [7, 11) is 0. The highest BCUT2D eigenvalue weighted by Gasteiger charge is 2.30. The average Bonchev–Trinajstić information content (AvgIpc) is 3.32. The number of amides is 2. The van der Waals surface area contributed by atoms with Crippen molar-refractivity contribution < 1.29 is 19.1 Å². The van der Waals surface area contributed by atoms with Gasteiger partial charge in [0, 0.05) is 24.0 Å². The molecule has 1 unspecified atom stereocenters. The summed E-state index contributed by atoms with van der Waals surface area (Å²) in [6, 6.07) is 12.9. The quantitative estimate of drug-likeness (QED) is 0.527. The normalized spacial score (nSPS) is 16.2. The summed E-state index contributed by atoms with van der Waals surface area (Å²) < 4.78 is 10.8. The summed E-state index contributed by atoms with van der Waals surface area (Å²) >= 11 is 6.42. The van der Waals surface area contributed by atoms with E-state index in [4.69, 9.17) is 21.1 Å². The van der Waals surface area contributed by atoms with Gasteiger partial charge in [-0.3, -0.25) is 9.59 Å². The molecule has 2 aromatic carbocycles. The highest BCUT2D eigenvalue weighted by atomic mass is 35.5. The van der Waals surface area contributed by atoms with Crippen LogP contribution in [0.25, 0.3) is 0 Å². The number of carbonyl (C=O) groups is 2. The summed E-state index contributed by atoms with van der Waals surface area (Å²) in [5.74, 6) is 1.29. The van der Waals surface area contributed by atoms with Crippen molar-refractivity contribution in [2.75, 3.05) is 6.79 Å². The fourth-order valence-electron chi connectivity index (χ4n) is 4.77. The minimum absolute atomic E-state index is 0.0665. The Labute approximate surface area is 206 Å². The number of ether oxygens (including phenoxy) is 2. The zero-order valence-electron chi connectivity index (χ0n) is 19.7. The molecule has 34 heavy (non-hydrogen) atoms. The second kappa shape index (κ2) is 11.6. The summed E-state index contributed by atoms with van der Waals surface area (Å²) in [5.41, 5.74) is 1.83. The Morgan fingerprint density at radius 2 is 1.85 bits per heavy atom. The van der Waals surface area contributed by atoms with Crippen LogP contribution in [0.3, 0.4) is 0 Å². The van der Waals surface area contributed by atoms with Crippen LogP contribution < -0.4 is 14.8 Å². The van der Waals surface area contributed by atoms with Gasteiger partial charge in [0.1, 0.15) is 6.04 Å². The molecule has 0 spiro atoms. The summed E-state index contributed by atoms with van der Waals surface area (Å²) in [4.78, 5) is 28.5. The minimum atomic E-state index is -0.539. The lowest BCUT2D eigenvalue weighted by Gasteiger charge is -2.33. The lowest BCUT2D eigenvalue weighted by Crippen LogP contribution is -2.51. The predicted octanol–water partition coefficient (Wildman–Crippen LogP) is 5.26. The Hall–Kier alpha value is -2.73. The summed E-state index contributed by atoms with van der Waals surface area (Å²) in [5, 5.41) is 3.81. The molecule has 6 nitrogen and oxygen atoms in total. The van der Waals surface area contributed by atoms with Gasteiger partial charge in [-0.2, -0.15) is 0 Å². The molecule has 0 bridgehead atoms. The first-order valence-corrected chi connectivity index (χ1v) is 12.6. The van der Waals surface area contributed by atoms with E-state index in [1.54, 1.807) is 4.90 Å². The van der Waals surface area contributed by atoms with Gasteiger partial charge < -0.3 is 19.7 Å². The number of rotatable bonds is 9. The van der Waals surface area contributed by atoms with Gasteiger partial charge in [0.05, 0.1) is 0 Å². The zero-order chi connectivity index (χ0) is 23.9. The molecule has 1 atom stereocenters. The van der Waals surface area contributed by atoms with E-state index in [2.05, 4.69) is 5.32 Å². The number of halogens is 1. The molecule has 1 N–H and O–H groups in total. The van der Waals surface area contributed by atoms with Crippen LogP contribution in [0.1, 0.15) is 63.0 Å². The van der Waals surface area contributed by atoms with Crippen molar-refractivity contribution in [3.63, 3.8) is 0 Å². The standard InChI is InChI=1S/C27H33ClN2O4/c1-2-23(27(32)29-21-9-4-3-5-10-21)30(17-20-8-6-7-11-22(20)28)26(31)15-13-19-12-14-24-25(16-19)34-18-33-24/h6-8,11-12,14,16,21,23H,2-5,9-10,13,15,17-18H2,1H3,(H,29,32). The number of aryl methyl sites for hydroxylation is 1. The zero-order valence-corrected chi connectivity index (χ0v) is 20.5. The monoisotopic (exact) mass is 484 g/mol. The first kappa shape index (κ1) is 24.4. The third-order valence-corrected chi connectivity index (χ3v) is 7.07. The Morgan fingerprint density at radius 1 is 1.09 bits per heavy atom. The fraction of sp³-hybridized carbons (Fsp3) is 0.481. The van der Waals surface area contributed by atoms with Gasteiger partial charge in [-0.25, -0.2) is 0 Å². The molecule has 0 saturated heterocycles. The van der Waals surface area contributed by atoms with Crippen molar-refractivity contribution in [2.24, 2.45) is 0 Å². The van der Waals surface area contributed by atoms with Crippen LogP contribution in [0, 0.1) is 0 Å². The number of benzene rings is 2. The first-order valence-electron chi connectivity index (χ1n) is 12.3. The van der Waals surface area contributed by atoms with Gasteiger partial charge >= 0.3 is 0 Å². The van der Waals surface area contributed by atoms with Crippen LogP contribution in [0.5, 0.6) is 11.5 Å². The van der Waals surface area contributed by atoms with Crippen LogP contribution in [-0.2, 0) is 22.6 Å². The highest BCUT2D eigenvalue weighted by Crippen LogP contribution is 2.33. The van der Waals surface area contributed by atoms with Gasteiger partial charge in [0.15, 0.2) is 11.5 Å². The lowest BCUT2D eigenvalue weighted by molar-refractivity contribution is -0.141. The van der Waals surface area contributed by atoms with Gasteiger partial charge in [-0.15, -0.1) is 0 Å². The largest absolute Gasteiger partial charge is 0.454 e. The molecule has 4 rings (SSSR count). The van der Waals surface area contributed by atoms with E-state index in [0.29, 0.717) is 30.2 Å². The second-order valence-corrected chi connectivity index (χ2v) is 9.48. The van der Waals surface area contributed by atoms with Crippen LogP contribution in [0.4, 0.5) is 0 Å². The van der Waals surface area contributed by atoms with E-state index in [9.17, 15) is 9.59 Å². The minimum Gasteiger partial charge on any atom is -0.454 e. The molecular formula is C27H33ClN2O4. The van der Waals surface area contributed by atoms with E-state index in [-0.39, 0.29) is 31.1 Å². The van der Waals surface area contributed by atoms with Crippen molar-refractivity contribution in [2.45, 2.75) is 76.9 Å². The number of carbonyl (C=O) groups excluding carboxylic acids is 2. The van der Waals surface area contributed by atoms with Crippen LogP contribution in [0.15, 0.2) is 42.5 Å². The molecular weight excluding hydrogens is 452 g/mol. The maximum Gasteiger partial charge on any atom is 0.243 e. The Kier molecular flexibility index (Phi) is 8.33. The second-order valence-electron chi connectivity index (χ2n) is 9.07. The molecule has 2 amide bonds. The van der Waals surface area contributed by atoms with Crippen LogP contribution >= 0.6 is 11.6 Å². The molecule has 2 aliphatic rings. The van der Waals surface area contributed by atoms with E-state index < -0.39 is 6.04 Å². The van der Waals surface area contributed by atoms with Crippen molar-refractivity contribution in [3.8, 4) is 11.5 Å². The molecule has 7 heteroatoms. The lowest BCUT2D eigenvalue weighted by atomic mass is 9.95. The van der Waals surface area contributed by atoms with Crippen molar-refractivity contribution in [3.05, 3.63) is 58.6 Å². The van der Waals surface area contributed by atoms with Gasteiger partial charge in [-0.1, -0.05) is 62.1 Å². The predicted molar refractivity (Wildman–Crippen MR) is 132 cm³/mol. The smallest absolute Gasteiger partial charge is 0.243 e. The van der Waals surface area contributed by atoms with E-state index in [1.807, 2.05) is 49.4 Å². The summed E-state index contributed by atoms with van der Waals surface area (Å²) in [6.45, 7) is 2.48. The average molecular weight is 485 g/mol. The van der Waals surface area contributed by atoms with Crippen molar-refractivity contribution in [1.82, 2.24) is 10.2 Å². The van der Waals surface area contributed by atoms with Crippen molar-refractivity contribution in [1.29, 1.82) is 0 Å². The fourth-order valence-corrected chi connectivity index (χ4v) is 4.96. The molecule has 0 aromatic heterocycles. The van der Waals surface area contributed by atoms with E-state index in [1.165, 1.54) is 6.42 Å². The summed E-state index contributed by atoms with van der Waals surface area (Å²) in [6.07, 6.45) is 6.89. The number of nitrogens with zero attached hydrogens (tertiary/aromatic N) is 1. The molecule has 1 fully saturated rings. The number of hydrogen-bond acceptors (Lipinski definition) is 4. The molecule has 2 aromatic rings. The maximum atomic E-state index is 13.5. The number of hydrogen-bond donors (Lipinski definition) is 1. The SMILES string of the molecule is CCC(C(=O)NC1CCCCC1)N(Cc1ccccc1Cl)C(=O)CCc1ccc2c(c1)OCO2. The molecule has 1 aliphatic carbocycles. The highest BCUT2D eigenvalue weighted by molar-refractivity contribution is 6.31. The van der Waals surface area contributed by atoms with E-state index >= 15 is 0 Å². The maximum absolute atomic E-state index is 13.5. The topological polar surface area (TPSA) is 67.9 Å². The molecule has 0 radical (unpaired) electrons. The van der Waals surface area contributed by atoms with Gasteiger partial charge in [0.2, 0.25) is 18.6 Å². The Morgan fingerprint density at radius 3 is 2.62 bits per heavy atom. The number of fused-ring (bicyclic) bond motifs is 1. The molecule has 182 valence electrons. The van der Waals surface area contributed by atoms with E-state index in [0.717, 1.165) is 42.6 Å². The molecule has 1 saturated carbocycles. The first-order chi connectivity index (χ1) is 16.5. The third kappa shape index (κ3) is 6.03. The number of nitrogens with one attached hydrogen (secondary N) is 1. The van der Waals surface area contributed by atoms with Crippen molar-refractivity contribution >= 4 is 23.4 Å².